The molecule has 2 aliphatic rings. The lowest BCUT2D eigenvalue weighted by molar-refractivity contribution is 0.265. The fraction of sp³-hybridized carbons (Fsp3) is 1.00. The molecule has 0 radical (unpaired) electrons. The maximum atomic E-state index is 12.3. The third-order valence-corrected chi connectivity index (χ3v) is 6.42. The van der Waals surface area contributed by atoms with Crippen LogP contribution in [0.5, 0.6) is 0 Å². The Bertz CT molecular complexity index is 391. The molecule has 5 nitrogen and oxygen atoms in total. The number of nitrogens with two attached hydrogens (primary N) is 1. The Labute approximate surface area is 123 Å². The van der Waals surface area contributed by atoms with E-state index in [1.807, 2.05) is 0 Å². The molecule has 0 aromatic carbocycles. The van der Waals surface area contributed by atoms with Gasteiger partial charge < -0.3 is 5.73 Å². The molecule has 1 saturated heterocycles. The minimum atomic E-state index is -3.29. The van der Waals surface area contributed by atoms with E-state index in [-0.39, 0.29) is 0 Å². The van der Waals surface area contributed by atoms with Gasteiger partial charge in [0.2, 0.25) is 0 Å². The van der Waals surface area contributed by atoms with Crippen LogP contribution in [0.4, 0.5) is 0 Å². The largest absolute Gasteiger partial charge is 0.330 e. The number of nitrogens with zero attached hydrogens (tertiary/aromatic N) is 1. The Morgan fingerprint density at radius 3 is 2.45 bits per heavy atom. The van der Waals surface area contributed by atoms with Crippen LogP contribution in [0.3, 0.4) is 0 Å². The molecule has 2 fully saturated rings. The summed E-state index contributed by atoms with van der Waals surface area (Å²) in [6, 6.07) is 0. The van der Waals surface area contributed by atoms with E-state index < -0.39 is 10.2 Å². The second-order valence-corrected chi connectivity index (χ2v) is 8.32. The molecule has 1 aliphatic heterocycles. The van der Waals surface area contributed by atoms with Gasteiger partial charge in [-0.15, -0.1) is 0 Å². The van der Waals surface area contributed by atoms with Crippen LogP contribution < -0.4 is 10.5 Å². The van der Waals surface area contributed by atoms with E-state index in [2.05, 4.69) is 11.6 Å². The third-order valence-electron chi connectivity index (χ3n) is 4.85. The molecule has 1 aliphatic carbocycles. The second kappa shape index (κ2) is 7.20. The molecule has 118 valence electrons. The number of hydrogen-bond acceptors (Lipinski definition) is 3. The first-order valence-corrected chi connectivity index (χ1v) is 9.40. The monoisotopic (exact) mass is 303 g/mol. The summed E-state index contributed by atoms with van der Waals surface area (Å²) in [4.78, 5) is 0. The van der Waals surface area contributed by atoms with Gasteiger partial charge in [0.05, 0.1) is 0 Å². The number of nitrogens with one attached hydrogen (secondary N) is 1. The van der Waals surface area contributed by atoms with Gasteiger partial charge in [-0.1, -0.05) is 19.8 Å². The molecular formula is C14H29N3O2S. The minimum Gasteiger partial charge on any atom is -0.330 e. The Balaban J connectivity index is 1.79. The topological polar surface area (TPSA) is 75.4 Å². The zero-order chi connectivity index (χ0) is 14.6. The van der Waals surface area contributed by atoms with Crippen molar-refractivity contribution >= 4 is 10.2 Å². The molecule has 0 spiro atoms. The molecule has 2 unspecified atom stereocenters. The van der Waals surface area contributed by atoms with E-state index in [0.29, 0.717) is 38.0 Å². The quantitative estimate of drug-likeness (QED) is 0.804. The van der Waals surface area contributed by atoms with Gasteiger partial charge in [-0.3, -0.25) is 0 Å². The van der Waals surface area contributed by atoms with E-state index in [0.717, 1.165) is 31.6 Å². The normalized spacial score (nSPS) is 30.5. The third kappa shape index (κ3) is 4.41. The summed E-state index contributed by atoms with van der Waals surface area (Å²) in [6.45, 7) is 4.75. The molecule has 20 heavy (non-hydrogen) atoms. The first-order chi connectivity index (χ1) is 9.51. The molecule has 0 amide bonds. The average Bonchev–Trinajstić information content (AvgIpc) is 2.45. The molecule has 2 rings (SSSR count). The van der Waals surface area contributed by atoms with E-state index in [1.165, 1.54) is 12.8 Å². The van der Waals surface area contributed by atoms with Crippen LogP contribution in [0.1, 0.15) is 45.4 Å². The van der Waals surface area contributed by atoms with Gasteiger partial charge in [0.1, 0.15) is 0 Å². The molecule has 0 aromatic rings. The van der Waals surface area contributed by atoms with Crippen molar-refractivity contribution in [2.45, 2.75) is 45.4 Å². The van der Waals surface area contributed by atoms with Crippen molar-refractivity contribution in [2.24, 2.45) is 23.5 Å². The van der Waals surface area contributed by atoms with Gasteiger partial charge in [-0.05, 0) is 50.0 Å². The molecule has 2 atom stereocenters. The molecule has 1 heterocycles. The Morgan fingerprint density at radius 2 is 1.85 bits per heavy atom. The standard InChI is InChI=1S/C14H29N3O2S/c1-12-3-2-4-14(9-12)11-16-20(18,19)17-7-5-13(10-15)6-8-17/h12-14,16H,2-11,15H2,1H3. The van der Waals surface area contributed by atoms with Crippen molar-refractivity contribution in [1.82, 2.24) is 9.03 Å². The lowest BCUT2D eigenvalue weighted by atomic mass is 9.83. The van der Waals surface area contributed by atoms with E-state index in [1.54, 1.807) is 4.31 Å². The molecule has 1 saturated carbocycles. The van der Waals surface area contributed by atoms with Crippen molar-refractivity contribution in [3.05, 3.63) is 0 Å². The van der Waals surface area contributed by atoms with E-state index in [9.17, 15) is 8.42 Å². The highest BCUT2D eigenvalue weighted by molar-refractivity contribution is 7.87. The first-order valence-electron chi connectivity index (χ1n) is 7.96. The highest BCUT2D eigenvalue weighted by Crippen LogP contribution is 2.28. The summed E-state index contributed by atoms with van der Waals surface area (Å²) in [7, 11) is -3.29. The maximum Gasteiger partial charge on any atom is 0.279 e. The number of piperidine rings is 1. The molecule has 6 heteroatoms. The summed E-state index contributed by atoms with van der Waals surface area (Å²) in [5, 5.41) is 0. The average molecular weight is 303 g/mol. The zero-order valence-corrected chi connectivity index (χ0v) is 13.4. The van der Waals surface area contributed by atoms with Gasteiger partial charge in [0.15, 0.2) is 0 Å². The predicted octanol–water partition coefficient (Wildman–Crippen LogP) is 1.32. The Hall–Kier alpha value is -0.170. The highest BCUT2D eigenvalue weighted by atomic mass is 32.2. The SMILES string of the molecule is CC1CCCC(CNS(=O)(=O)N2CCC(CN)CC2)C1. The van der Waals surface area contributed by atoms with Crippen molar-refractivity contribution in [3.8, 4) is 0 Å². The summed E-state index contributed by atoms with van der Waals surface area (Å²) in [5.74, 6) is 1.73. The van der Waals surface area contributed by atoms with Crippen LogP contribution in [0.25, 0.3) is 0 Å². The van der Waals surface area contributed by atoms with Crippen molar-refractivity contribution in [3.63, 3.8) is 0 Å². The van der Waals surface area contributed by atoms with Gasteiger partial charge in [0, 0.05) is 19.6 Å². The van der Waals surface area contributed by atoms with Gasteiger partial charge >= 0.3 is 0 Å². The lowest BCUT2D eigenvalue weighted by Gasteiger charge is -2.32. The molecule has 0 bridgehead atoms. The van der Waals surface area contributed by atoms with Crippen LogP contribution in [0.2, 0.25) is 0 Å². The van der Waals surface area contributed by atoms with Crippen LogP contribution in [-0.2, 0) is 10.2 Å². The second-order valence-electron chi connectivity index (χ2n) is 6.57. The van der Waals surface area contributed by atoms with Crippen LogP contribution in [-0.4, -0.2) is 38.9 Å². The van der Waals surface area contributed by atoms with Crippen molar-refractivity contribution in [1.29, 1.82) is 0 Å². The Morgan fingerprint density at radius 1 is 1.15 bits per heavy atom. The van der Waals surface area contributed by atoms with Gasteiger partial charge in [-0.2, -0.15) is 12.7 Å². The van der Waals surface area contributed by atoms with Gasteiger partial charge in [-0.25, -0.2) is 4.72 Å². The lowest BCUT2D eigenvalue weighted by Crippen LogP contribution is -2.47. The molecule has 0 aromatic heterocycles. The van der Waals surface area contributed by atoms with Gasteiger partial charge in [0.25, 0.3) is 10.2 Å². The van der Waals surface area contributed by atoms with Crippen molar-refractivity contribution in [2.75, 3.05) is 26.2 Å². The molecule has 3 N–H and O–H groups in total. The summed E-state index contributed by atoms with van der Waals surface area (Å²) in [6.07, 6.45) is 6.60. The first kappa shape index (κ1) is 16.2. The fourth-order valence-corrected chi connectivity index (χ4v) is 4.77. The van der Waals surface area contributed by atoms with Crippen molar-refractivity contribution < 1.29 is 8.42 Å². The number of rotatable bonds is 5. The maximum absolute atomic E-state index is 12.3. The summed E-state index contributed by atoms with van der Waals surface area (Å²) in [5.41, 5.74) is 5.64. The highest BCUT2D eigenvalue weighted by Gasteiger charge is 2.28. The molecular weight excluding hydrogens is 274 g/mol. The van der Waals surface area contributed by atoms with E-state index >= 15 is 0 Å². The van der Waals surface area contributed by atoms with Crippen LogP contribution >= 0.6 is 0 Å². The summed E-state index contributed by atoms with van der Waals surface area (Å²) >= 11 is 0. The van der Waals surface area contributed by atoms with Crippen LogP contribution in [0, 0.1) is 17.8 Å². The van der Waals surface area contributed by atoms with E-state index in [4.69, 9.17) is 5.73 Å². The summed E-state index contributed by atoms with van der Waals surface area (Å²) < 4.78 is 29.0. The minimum absolute atomic E-state index is 0.487. The predicted molar refractivity (Wildman–Crippen MR) is 81.4 cm³/mol. The smallest absolute Gasteiger partial charge is 0.279 e. The van der Waals surface area contributed by atoms with Crippen LogP contribution in [0.15, 0.2) is 0 Å². The zero-order valence-electron chi connectivity index (χ0n) is 12.6. The Kier molecular flexibility index (Phi) is 5.84. The number of hydrogen-bond donors (Lipinski definition) is 2. The fourth-order valence-electron chi connectivity index (χ4n) is 3.44.